The summed E-state index contributed by atoms with van der Waals surface area (Å²) < 4.78 is 6.12. The molecule has 0 spiro atoms. The number of rotatable bonds is 7. The molecule has 0 fully saturated rings. The lowest BCUT2D eigenvalue weighted by atomic mass is 10.2. The molecule has 2 unspecified atom stereocenters. The van der Waals surface area contributed by atoms with Gasteiger partial charge in [0.15, 0.2) is 5.44 Å². The predicted octanol–water partition coefficient (Wildman–Crippen LogP) is 5.11. The summed E-state index contributed by atoms with van der Waals surface area (Å²) in [6.45, 7) is 4.37. The van der Waals surface area contributed by atoms with Crippen LogP contribution in [0.1, 0.15) is 41.6 Å². The highest BCUT2D eigenvalue weighted by Crippen LogP contribution is 2.35. The molecule has 0 radical (unpaired) electrons. The molecule has 0 bridgehead atoms. The first-order valence-electron chi connectivity index (χ1n) is 7.15. The highest BCUT2D eigenvalue weighted by molar-refractivity contribution is 8.00. The van der Waals surface area contributed by atoms with E-state index in [-0.39, 0.29) is 5.44 Å². The molecule has 0 heterocycles. The maximum Gasteiger partial charge on any atom is 0.170 e. The SMILES string of the molecule is CCC(C)SC(Oc1cccc(C=O)c1)c1ccccc1. The van der Waals surface area contributed by atoms with E-state index in [0.29, 0.717) is 10.8 Å². The molecule has 0 aliphatic rings. The van der Waals surface area contributed by atoms with Crippen molar-refractivity contribution >= 4 is 18.0 Å². The van der Waals surface area contributed by atoms with Crippen molar-refractivity contribution in [2.45, 2.75) is 31.0 Å². The molecule has 0 N–H and O–H groups in total. The molecule has 0 aromatic heterocycles. The summed E-state index contributed by atoms with van der Waals surface area (Å²) in [6, 6.07) is 17.5. The Balaban J connectivity index is 2.20. The van der Waals surface area contributed by atoms with Crippen molar-refractivity contribution in [2.24, 2.45) is 0 Å². The number of aldehydes is 1. The molecular weight excluding hydrogens is 280 g/mol. The van der Waals surface area contributed by atoms with Crippen LogP contribution in [0.3, 0.4) is 0 Å². The van der Waals surface area contributed by atoms with E-state index in [4.69, 9.17) is 4.74 Å². The largest absolute Gasteiger partial charge is 0.475 e. The third-order valence-corrected chi connectivity index (χ3v) is 4.65. The number of ether oxygens (including phenoxy) is 1. The molecule has 2 atom stereocenters. The quantitative estimate of drug-likeness (QED) is 0.525. The molecule has 2 aromatic carbocycles. The van der Waals surface area contributed by atoms with Gasteiger partial charge in [-0.05, 0) is 18.6 Å². The van der Waals surface area contributed by atoms with Gasteiger partial charge in [0.25, 0.3) is 0 Å². The zero-order chi connectivity index (χ0) is 15.1. The molecule has 0 aliphatic carbocycles. The van der Waals surface area contributed by atoms with Gasteiger partial charge in [0.05, 0.1) is 0 Å². The second-order valence-electron chi connectivity index (χ2n) is 4.91. The van der Waals surface area contributed by atoms with Gasteiger partial charge in [-0.1, -0.05) is 56.3 Å². The Morgan fingerprint density at radius 3 is 2.57 bits per heavy atom. The molecule has 0 saturated carbocycles. The Morgan fingerprint density at radius 2 is 1.90 bits per heavy atom. The van der Waals surface area contributed by atoms with Crippen molar-refractivity contribution < 1.29 is 9.53 Å². The Morgan fingerprint density at radius 1 is 1.14 bits per heavy atom. The van der Waals surface area contributed by atoms with Crippen molar-refractivity contribution in [3.8, 4) is 5.75 Å². The van der Waals surface area contributed by atoms with Gasteiger partial charge in [-0.2, -0.15) is 0 Å². The summed E-state index contributed by atoms with van der Waals surface area (Å²) in [4.78, 5) is 10.9. The summed E-state index contributed by atoms with van der Waals surface area (Å²) in [7, 11) is 0. The molecule has 2 nitrogen and oxygen atoms in total. The van der Waals surface area contributed by atoms with Crippen LogP contribution in [-0.2, 0) is 0 Å². The van der Waals surface area contributed by atoms with Crippen LogP contribution in [0.2, 0.25) is 0 Å². The third-order valence-electron chi connectivity index (χ3n) is 3.24. The van der Waals surface area contributed by atoms with E-state index < -0.39 is 0 Å². The van der Waals surface area contributed by atoms with Crippen molar-refractivity contribution in [3.05, 3.63) is 65.7 Å². The number of hydrogen-bond acceptors (Lipinski definition) is 3. The van der Waals surface area contributed by atoms with Gasteiger partial charge in [-0.15, -0.1) is 11.8 Å². The number of thioether (sulfide) groups is 1. The average Bonchev–Trinajstić information content (AvgIpc) is 2.55. The molecule has 0 aliphatic heterocycles. The smallest absolute Gasteiger partial charge is 0.170 e. The van der Waals surface area contributed by atoms with Gasteiger partial charge in [-0.25, -0.2) is 0 Å². The highest BCUT2D eigenvalue weighted by Gasteiger charge is 2.17. The zero-order valence-electron chi connectivity index (χ0n) is 12.4. The van der Waals surface area contributed by atoms with Crippen LogP contribution in [0.25, 0.3) is 0 Å². The standard InChI is InChI=1S/C18H20O2S/c1-3-14(2)21-18(16-9-5-4-6-10-16)20-17-11-7-8-15(12-17)13-19/h4-14,18H,3H2,1-2H3. The first-order chi connectivity index (χ1) is 10.2. The minimum absolute atomic E-state index is 0.0666. The van der Waals surface area contributed by atoms with Crippen molar-refractivity contribution in [1.29, 1.82) is 0 Å². The fraction of sp³-hybridized carbons (Fsp3) is 0.278. The van der Waals surface area contributed by atoms with E-state index in [1.54, 1.807) is 23.9 Å². The number of hydrogen-bond donors (Lipinski definition) is 0. The molecule has 2 rings (SSSR count). The van der Waals surface area contributed by atoms with Gasteiger partial charge in [-0.3, -0.25) is 4.79 Å². The lowest BCUT2D eigenvalue weighted by Gasteiger charge is -2.22. The summed E-state index contributed by atoms with van der Waals surface area (Å²) in [6.07, 6.45) is 1.93. The van der Waals surface area contributed by atoms with E-state index >= 15 is 0 Å². The van der Waals surface area contributed by atoms with Gasteiger partial charge in [0.1, 0.15) is 12.0 Å². The van der Waals surface area contributed by atoms with Crippen LogP contribution in [0.4, 0.5) is 0 Å². The topological polar surface area (TPSA) is 26.3 Å². The van der Waals surface area contributed by atoms with Crippen LogP contribution >= 0.6 is 11.8 Å². The van der Waals surface area contributed by atoms with Crippen molar-refractivity contribution in [2.75, 3.05) is 0 Å². The van der Waals surface area contributed by atoms with Crippen LogP contribution in [0, 0.1) is 0 Å². The Hall–Kier alpha value is -1.74. The number of carbonyl (C=O) groups is 1. The van der Waals surface area contributed by atoms with Crippen molar-refractivity contribution in [1.82, 2.24) is 0 Å². The molecule has 110 valence electrons. The highest BCUT2D eigenvalue weighted by atomic mass is 32.2. The first-order valence-corrected chi connectivity index (χ1v) is 8.09. The Labute approximate surface area is 130 Å². The van der Waals surface area contributed by atoms with Gasteiger partial charge in [0.2, 0.25) is 0 Å². The van der Waals surface area contributed by atoms with Crippen LogP contribution in [0.15, 0.2) is 54.6 Å². The third kappa shape index (κ3) is 4.64. The van der Waals surface area contributed by atoms with Gasteiger partial charge in [0, 0.05) is 16.4 Å². The fourth-order valence-corrected chi connectivity index (χ4v) is 2.97. The summed E-state index contributed by atoms with van der Waals surface area (Å²) in [5.41, 5.74) is 1.70. The molecule has 3 heteroatoms. The summed E-state index contributed by atoms with van der Waals surface area (Å²) in [5.74, 6) is 0.726. The molecule has 2 aromatic rings. The van der Waals surface area contributed by atoms with E-state index in [1.165, 1.54) is 0 Å². The summed E-state index contributed by atoms with van der Waals surface area (Å²) >= 11 is 1.80. The molecule has 0 amide bonds. The lowest BCUT2D eigenvalue weighted by Crippen LogP contribution is -2.08. The Bertz CT molecular complexity index is 568. The maximum absolute atomic E-state index is 10.9. The molecule has 21 heavy (non-hydrogen) atoms. The maximum atomic E-state index is 10.9. The van der Waals surface area contributed by atoms with Crippen molar-refractivity contribution in [3.63, 3.8) is 0 Å². The van der Waals surface area contributed by atoms with Crippen LogP contribution < -0.4 is 4.74 Å². The minimum Gasteiger partial charge on any atom is -0.475 e. The van der Waals surface area contributed by atoms with E-state index in [1.807, 2.05) is 30.3 Å². The molecular formula is C18H20O2S. The van der Waals surface area contributed by atoms with E-state index in [9.17, 15) is 4.79 Å². The van der Waals surface area contributed by atoms with Crippen LogP contribution in [-0.4, -0.2) is 11.5 Å². The Kier molecular flexibility index (Phi) is 5.88. The van der Waals surface area contributed by atoms with Crippen LogP contribution in [0.5, 0.6) is 5.75 Å². The predicted molar refractivity (Wildman–Crippen MR) is 89.0 cm³/mol. The first kappa shape index (κ1) is 15.6. The summed E-state index contributed by atoms with van der Waals surface area (Å²) in [5, 5.41) is 0.504. The number of benzene rings is 2. The second-order valence-corrected chi connectivity index (χ2v) is 6.41. The minimum atomic E-state index is -0.0666. The second kappa shape index (κ2) is 7.89. The fourth-order valence-electron chi connectivity index (χ4n) is 1.88. The van der Waals surface area contributed by atoms with Gasteiger partial charge < -0.3 is 4.74 Å². The zero-order valence-corrected chi connectivity index (χ0v) is 13.2. The average molecular weight is 300 g/mol. The monoisotopic (exact) mass is 300 g/mol. The van der Waals surface area contributed by atoms with E-state index in [0.717, 1.165) is 24.0 Å². The normalized spacial score (nSPS) is 13.4. The van der Waals surface area contributed by atoms with Gasteiger partial charge >= 0.3 is 0 Å². The lowest BCUT2D eigenvalue weighted by molar-refractivity contribution is 0.112. The molecule has 0 saturated heterocycles. The van der Waals surface area contributed by atoms with E-state index in [2.05, 4.69) is 26.0 Å². The number of carbonyl (C=O) groups excluding carboxylic acids is 1.